The molecule has 1 rings (SSSR count). The third-order valence-corrected chi connectivity index (χ3v) is 3.15. The Balaban J connectivity index is 1.95. The van der Waals surface area contributed by atoms with Gasteiger partial charge in [-0.25, -0.2) is 0 Å². The average molecular weight is 214 g/mol. The molecule has 0 bridgehead atoms. The minimum Gasteiger partial charge on any atom is -0.378 e. The summed E-state index contributed by atoms with van der Waals surface area (Å²) in [5.74, 6) is 0. The van der Waals surface area contributed by atoms with Crippen LogP contribution in [0.4, 0.5) is 0 Å². The lowest BCUT2D eigenvalue weighted by Gasteiger charge is -2.24. The Morgan fingerprint density at radius 1 is 1.20 bits per heavy atom. The van der Waals surface area contributed by atoms with Crippen molar-refractivity contribution in [3.63, 3.8) is 0 Å². The zero-order valence-corrected chi connectivity index (χ0v) is 10.3. The van der Waals surface area contributed by atoms with Crippen LogP contribution in [-0.4, -0.2) is 50.3 Å². The second-order valence-corrected chi connectivity index (χ2v) is 4.20. The van der Waals surface area contributed by atoms with Crippen LogP contribution in [0, 0.1) is 0 Å². The van der Waals surface area contributed by atoms with Crippen LogP contribution in [0.5, 0.6) is 0 Å². The number of piperidine rings is 1. The van der Waals surface area contributed by atoms with E-state index in [0.29, 0.717) is 6.10 Å². The number of hydrogen-bond donors (Lipinski definition) is 1. The van der Waals surface area contributed by atoms with E-state index in [1.807, 2.05) is 0 Å². The molecule has 0 saturated carbocycles. The van der Waals surface area contributed by atoms with Crippen molar-refractivity contribution < 1.29 is 4.74 Å². The minimum atomic E-state index is 0.517. The van der Waals surface area contributed by atoms with Crippen molar-refractivity contribution in [1.82, 2.24) is 10.2 Å². The van der Waals surface area contributed by atoms with Gasteiger partial charge in [-0.15, -0.1) is 0 Å². The average Bonchev–Trinajstić information content (AvgIpc) is 2.31. The molecule has 0 amide bonds. The van der Waals surface area contributed by atoms with E-state index in [-0.39, 0.29) is 0 Å². The van der Waals surface area contributed by atoms with Gasteiger partial charge in [0.15, 0.2) is 0 Å². The first-order valence-electron chi connectivity index (χ1n) is 6.41. The highest BCUT2D eigenvalue weighted by Crippen LogP contribution is 2.07. The summed E-state index contributed by atoms with van der Waals surface area (Å²) in [7, 11) is 0. The first kappa shape index (κ1) is 12.9. The molecule has 0 aromatic heterocycles. The number of hydrogen-bond acceptors (Lipinski definition) is 3. The zero-order valence-electron chi connectivity index (χ0n) is 10.3. The van der Waals surface area contributed by atoms with Crippen LogP contribution in [0.3, 0.4) is 0 Å². The highest BCUT2D eigenvalue weighted by molar-refractivity contribution is 4.68. The van der Waals surface area contributed by atoms with Crippen molar-refractivity contribution >= 4 is 0 Å². The fourth-order valence-electron chi connectivity index (χ4n) is 2.04. The topological polar surface area (TPSA) is 24.5 Å². The second kappa shape index (κ2) is 8.08. The first-order chi connectivity index (χ1) is 7.36. The van der Waals surface area contributed by atoms with Gasteiger partial charge in [0, 0.05) is 13.2 Å². The Kier molecular flexibility index (Phi) is 6.98. The smallest absolute Gasteiger partial charge is 0.0599 e. The summed E-state index contributed by atoms with van der Waals surface area (Å²) >= 11 is 0. The molecule has 0 unspecified atom stereocenters. The number of nitrogens with one attached hydrogen (secondary N) is 1. The maximum absolute atomic E-state index is 5.86. The maximum Gasteiger partial charge on any atom is 0.0599 e. The molecule has 0 aromatic rings. The lowest BCUT2D eigenvalue weighted by molar-refractivity contribution is 0.0281. The van der Waals surface area contributed by atoms with Crippen molar-refractivity contribution in [3.8, 4) is 0 Å². The summed E-state index contributed by atoms with van der Waals surface area (Å²) in [5, 5.41) is 3.35. The van der Waals surface area contributed by atoms with Crippen molar-refractivity contribution in [3.05, 3.63) is 0 Å². The maximum atomic E-state index is 5.86. The summed E-state index contributed by atoms with van der Waals surface area (Å²) in [4.78, 5) is 2.45. The molecule has 0 aromatic carbocycles. The Morgan fingerprint density at radius 2 is 1.87 bits per heavy atom. The SMILES string of the molecule is CCN(CC)CCCOC1CCNCC1. The third-order valence-electron chi connectivity index (χ3n) is 3.15. The Labute approximate surface area is 94.2 Å². The Hall–Kier alpha value is -0.120. The van der Waals surface area contributed by atoms with Gasteiger partial charge < -0.3 is 15.0 Å². The molecule has 15 heavy (non-hydrogen) atoms. The quantitative estimate of drug-likeness (QED) is 0.650. The van der Waals surface area contributed by atoms with Gasteiger partial charge in [0.25, 0.3) is 0 Å². The molecule has 3 heteroatoms. The van der Waals surface area contributed by atoms with Crippen molar-refractivity contribution in [2.75, 3.05) is 39.3 Å². The fraction of sp³-hybridized carbons (Fsp3) is 1.00. The van der Waals surface area contributed by atoms with E-state index in [4.69, 9.17) is 4.74 Å². The van der Waals surface area contributed by atoms with Gasteiger partial charge in [-0.2, -0.15) is 0 Å². The molecule has 90 valence electrons. The molecule has 1 heterocycles. The largest absolute Gasteiger partial charge is 0.378 e. The van der Waals surface area contributed by atoms with Crippen LogP contribution in [0.2, 0.25) is 0 Å². The van der Waals surface area contributed by atoms with E-state index >= 15 is 0 Å². The second-order valence-electron chi connectivity index (χ2n) is 4.20. The van der Waals surface area contributed by atoms with Crippen molar-refractivity contribution in [1.29, 1.82) is 0 Å². The van der Waals surface area contributed by atoms with E-state index in [1.54, 1.807) is 0 Å². The molecule has 1 aliphatic rings. The third kappa shape index (κ3) is 5.50. The van der Waals surface area contributed by atoms with E-state index < -0.39 is 0 Å². The highest BCUT2D eigenvalue weighted by atomic mass is 16.5. The van der Waals surface area contributed by atoms with Gasteiger partial charge in [-0.3, -0.25) is 0 Å². The first-order valence-corrected chi connectivity index (χ1v) is 6.41. The van der Waals surface area contributed by atoms with E-state index in [1.165, 1.54) is 25.8 Å². The summed E-state index contributed by atoms with van der Waals surface area (Å²) in [6.07, 6.45) is 4.06. The monoisotopic (exact) mass is 214 g/mol. The van der Waals surface area contributed by atoms with Crippen LogP contribution in [0.1, 0.15) is 33.1 Å². The summed E-state index contributed by atoms with van der Waals surface area (Å²) in [6.45, 7) is 11.1. The van der Waals surface area contributed by atoms with Crippen LogP contribution in [0.15, 0.2) is 0 Å². The van der Waals surface area contributed by atoms with Crippen LogP contribution >= 0.6 is 0 Å². The molecule has 0 atom stereocenters. The van der Waals surface area contributed by atoms with Gasteiger partial charge in [0.05, 0.1) is 6.10 Å². The van der Waals surface area contributed by atoms with Crippen molar-refractivity contribution in [2.24, 2.45) is 0 Å². The van der Waals surface area contributed by atoms with Crippen LogP contribution in [0.25, 0.3) is 0 Å². The molecule has 3 nitrogen and oxygen atoms in total. The number of nitrogens with zero attached hydrogens (tertiary/aromatic N) is 1. The van der Waals surface area contributed by atoms with Gasteiger partial charge in [-0.05, 0) is 45.4 Å². The molecule has 1 N–H and O–H groups in total. The summed E-state index contributed by atoms with van der Waals surface area (Å²) in [5.41, 5.74) is 0. The Bertz CT molecular complexity index is 143. The number of ether oxygens (including phenoxy) is 1. The lowest BCUT2D eigenvalue weighted by Crippen LogP contribution is -2.33. The van der Waals surface area contributed by atoms with Gasteiger partial charge >= 0.3 is 0 Å². The molecular weight excluding hydrogens is 188 g/mol. The molecule has 1 saturated heterocycles. The molecular formula is C12H26N2O. The number of rotatable bonds is 7. The molecule has 0 aliphatic carbocycles. The predicted molar refractivity (Wildman–Crippen MR) is 64.2 cm³/mol. The van der Waals surface area contributed by atoms with E-state index in [2.05, 4.69) is 24.1 Å². The van der Waals surface area contributed by atoms with Gasteiger partial charge in [0.1, 0.15) is 0 Å². The predicted octanol–water partition coefficient (Wildman–Crippen LogP) is 1.49. The highest BCUT2D eigenvalue weighted by Gasteiger charge is 2.12. The fourth-order valence-corrected chi connectivity index (χ4v) is 2.04. The van der Waals surface area contributed by atoms with Crippen molar-refractivity contribution in [2.45, 2.75) is 39.2 Å². The zero-order chi connectivity index (χ0) is 10.9. The molecule has 1 fully saturated rings. The summed E-state index contributed by atoms with van der Waals surface area (Å²) < 4.78 is 5.86. The van der Waals surface area contributed by atoms with Crippen LogP contribution < -0.4 is 5.32 Å². The molecule has 1 aliphatic heterocycles. The van der Waals surface area contributed by atoms with Gasteiger partial charge in [0.2, 0.25) is 0 Å². The normalized spacial score (nSPS) is 18.6. The Morgan fingerprint density at radius 3 is 2.47 bits per heavy atom. The lowest BCUT2D eigenvalue weighted by atomic mass is 10.1. The van der Waals surface area contributed by atoms with Crippen LogP contribution in [-0.2, 0) is 4.74 Å². The van der Waals surface area contributed by atoms with E-state index in [0.717, 1.165) is 32.8 Å². The minimum absolute atomic E-state index is 0.517. The summed E-state index contributed by atoms with van der Waals surface area (Å²) in [6, 6.07) is 0. The van der Waals surface area contributed by atoms with E-state index in [9.17, 15) is 0 Å². The standard InChI is InChI=1S/C12H26N2O/c1-3-14(4-2)10-5-11-15-12-6-8-13-9-7-12/h12-13H,3-11H2,1-2H3. The molecule has 0 radical (unpaired) electrons. The molecule has 0 spiro atoms. The van der Waals surface area contributed by atoms with Gasteiger partial charge in [-0.1, -0.05) is 13.8 Å².